The molecule has 2 rings (SSSR count). The first-order chi connectivity index (χ1) is 7.58. The quantitative estimate of drug-likeness (QED) is 0.583. The lowest BCUT2D eigenvalue weighted by molar-refractivity contribution is -0.384. The van der Waals surface area contributed by atoms with Crippen molar-refractivity contribution in [2.75, 3.05) is 17.6 Å². The fraction of sp³-hybridized carbons (Fsp3) is 0.556. The third-order valence-electron chi connectivity index (χ3n) is 2.79. The SMILES string of the molecule is CC1CC1CNc1nc(N)ncc1[N+](=O)[O-]. The highest BCUT2D eigenvalue weighted by atomic mass is 16.6. The largest absolute Gasteiger partial charge is 0.368 e. The van der Waals surface area contributed by atoms with Crippen LogP contribution >= 0.6 is 0 Å². The Morgan fingerprint density at radius 1 is 1.75 bits per heavy atom. The van der Waals surface area contributed by atoms with Crippen LogP contribution in [-0.2, 0) is 0 Å². The predicted octanol–water partition coefficient (Wildman–Crippen LogP) is 1.03. The third kappa shape index (κ3) is 2.18. The molecule has 86 valence electrons. The molecule has 7 heteroatoms. The number of nitrogen functional groups attached to an aromatic ring is 1. The van der Waals surface area contributed by atoms with Gasteiger partial charge in [0.15, 0.2) is 0 Å². The summed E-state index contributed by atoms with van der Waals surface area (Å²) in [6, 6.07) is 0. The van der Waals surface area contributed by atoms with E-state index in [0.717, 1.165) is 12.6 Å². The minimum absolute atomic E-state index is 0.0388. The van der Waals surface area contributed by atoms with E-state index in [0.29, 0.717) is 18.4 Å². The van der Waals surface area contributed by atoms with E-state index in [2.05, 4.69) is 22.2 Å². The van der Waals surface area contributed by atoms with E-state index in [-0.39, 0.29) is 17.5 Å². The van der Waals surface area contributed by atoms with Gasteiger partial charge in [-0.3, -0.25) is 10.1 Å². The fourth-order valence-electron chi connectivity index (χ4n) is 1.56. The summed E-state index contributed by atoms with van der Waals surface area (Å²) in [7, 11) is 0. The molecule has 1 aliphatic rings. The van der Waals surface area contributed by atoms with E-state index in [1.807, 2.05) is 0 Å². The van der Waals surface area contributed by atoms with Crippen molar-refractivity contribution in [3.8, 4) is 0 Å². The first-order valence-corrected chi connectivity index (χ1v) is 5.08. The highest BCUT2D eigenvalue weighted by Crippen LogP contribution is 2.37. The van der Waals surface area contributed by atoms with E-state index >= 15 is 0 Å². The monoisotopic (exact) mass is 223 g/mol. The van der Waals surface area contributed by atoms with E-state index in [4.69, 9.17) is 5.73 Å². The molecule has 0 aromatic carbocycles. The summed E-state index contributed by atoms with van der Waals surface area (Å²) in [5, 5.41) is 13.7. The van der Waals surface area contributed by atoms with Gasteiger partial charge in [0.05, 0.1) is 4.92 Å². The zero-order valence-corrected chi connectivity index (χ0v) is 8.88. The number of anilines is 2. The average molecular weight is 223 g/mol. The second kappa shape index (κ2) is 3.92. The van der Waals surface area contributed by atoms with Gasteiger partial charge in [-0.1, -0.05) is 6.92 Å². The second-order valence-electron chi connectivity index (χ2n) is 4.07. The second-order valence-corrected chi connectivity index (χ2v) is 4.07. The van der Waals surface area contributed by atoms with Gasteiger partial charge in [0.25, 0.3) is 0 Å². The van der Waals surface area contributed by atoms with Gasteiger partial charge in [-0.05, 0) is 18.3 Å². The number of rotatable bonds is 4. The molecule has 1 aromatic heterocycles. The maximum Gasteiger partial charge on any atom is 0.329 e. The summed E-state index contributed by atoms with van der Waals surface area (Å²) in [6.45, 7) is 2.84. The van der Waals surface area contributed by atoms with E-state index in [1.165, 1.54) is 0 Å². The van der Waals surface area contributed by atoms with E-state index < -0.39 is 4.92 Å². The minimum atomic E-state index is -0.516. The maximum atomic E-state index is 10.7. The van der Waals surface area contributed by atoms with Crippen LogP contribution in [0.2, 0.25) is 0 Å². The molecule has 7 nitrogen and oxygen atoms in total. The normalized spacial score (nSPS) is 22.8. The lowest BCUT2D eigenvalue weighted by Crippen LogP contribution is -2.10. The Balaban J connectivity index is 2.10. The number of nitro groups is 1. The van der Waals surface area contributed by atoms with Gasteiger partial charge in [-0.2, -0.15) is 4.98 Å². The first-order valence-electron chi connectivity index (χ1n) is 5.08. The summed E-state index contributed by atoms with van der Waals surface area (Å²) in [5.74, 6) is 1.51. The molecule has 0 spiro atoms. The molecule has 0 amide bonds. The van der Waals surface area contributed by atoms with Crippen LogP contribution < -0.4 is 11.1 Å². The van der Waals surface area contributed by atoms with Crippen molar-refractivity contribution >= 4 is 17.5 Å². The molecule has 1 aliphatic carbocycles. The lowest BCUT2D eigenvalue weighted by atomic mass is 10.3. The molecule has 1 fully saturated rings. The van der Waals surface area contributed by atoms with Crippen molar-refractivity contribution in [1.82, 2.24) is 9.97 Å². The molecule has 2 atom stereocenters. The Bertz CT molecular complexity index is 422. The number of nitrogens with one attached hydrogen (secondary N) is 1. The highest BCUT2D eigenvalue weighted by Gasteiger charge is 2.32. The molecule has 2 unspecified atom stereocenters. The van der Waals surface area contributed by atoms with Crippen LogP contribution in [0.25, 0.3) is 0 Å². The Kier molecular flexibility index (Phi) is 2.59. The molecule has 0 radical (unpaired) electrons. The van der Waals surface area contributed by atoms with E-state index in [1.54, 1.807) is 0 Å². The Hall–Kier alpha value is -1.92. The Morgan fingerprint density at radius 3 is 3.00 bits per heavy atom. The van der Waals surface area contributed by atoms with Crippen LogP contribution in [0.4, 0.5) is 17.5 Å². The summed E-state index contributed by atoms with van der Waals surface area (Å²) >= 11 is 0. The summed E-state index contributed by atoms with van der Waals surface area (Å²) in [4.78, 5) is 17.6. The third-order valence-corrected chi connectivity index (χ3v) is 2.79. The fourth-order valence-corrected chi connectivity index (χ4v) is 1.56. The minimum Gasteiger partial charge on any atom is -0.368 e. The van der Waals surface area contributed by atoms with Crippen LogP contribution in [0.1, 0.15) is 13.3 Å². The van der Waals surface area contributed by atoms with Crippen molar-refractivity contribution < 1.29 is 4.92 Å². The molecule has 16 heavy (non-hydrogen) atoms. The van der Waals surface area contributed by atoms with Crippen molar-refractivity contribution in [3.63, 3.8) is 0 Å². The zero-order valence-electron chi connectivity index (χ0n) is 8.88. The van der Waals surface area contributed by atoms with Gasteiger partial charge in [-0.15, -0.1) is 0 Å². The van der Waals surface area contributed by atoms with Crippen LogP contribution in [-0.4, -0.2) is 21.4 Å². The molecule has 3 N–H and O–H groups in total. The van der Waals surface area contributed by atoms with Crippen LogP contribution in [0, 0.1) is 22.0 Å². The number of nitrogens with zero attached hydrogens (tertiary/aromatic N) is 3. The average Bonchev–Trinajstić information content (AvgIpc) is 2.91. The van der Waals surface area contributed by atoms with E-state index in [9.17, 15) is 10.1 Å². The Morgan fingerprint density at radius 2 is 2.44 bits per heavy atom. The van der Waals surface area contributed by atoms with Crippen molar-refractivity contribution in [3.05, 3.63) is 16.3 Å². The molecular weight excluding hydrogens is 210 g/mol. The first kappa shape index (κ1) is 10.6. The molecule has 1 saturated carbocycles. The van der Waals surface area contributed by atoms with Gasteiger partial charge in [0.1, 0.15) is 6.20 Å². The molecule has 0 bridgehead atoms. The molecule has 1 heterocycles. The highest BCUT2D eigenvalue weighted by molar-refractivity contribution is 5.56. The molecule has 0 saturated heterocycles. The topological polar surface area (TPSA) is 107 Å². The van der Waals surface area contributed by atoms with Crippen LogP contribution in [0.3, 0.4) is 0 Å². The maximum absolute atomic E-state index is 10.7. The van der Waals surface area contributed by atoms with Crippen molar-refractivity contribution in [2.24, 2.45) is 11.8 Å². The number of hydrogen-bond donors (Lipinski definition) is 2. The molecule has 0 aliphatic heterocycles. The summed E-state index contributed by atoms with van der Waals surface area (Å²) < 4.78 is 0. The Labute approximate surface area is 92.2 Å². The van der Waals surface area contributed by atoms with Gasteiger partial charge >= 0.3 is 5.69 Å². The molecular formula is C9H13N5O2. The van der Waals surface area contributed by atoms with Gasteiger partial charge in [0, 0.05) is 6.54 Å². The van der Waals surface area contributed by atoms with Crippen molar-refractivity contribution in [2.45, 2.75) is 13.3 Å². The number of nitrogens with two attached hydrogens (primary N) is 1. The number of hydrogen-bond acceptors (Lipinski definition) is 6. The summed E-state index contributed by atoms with van der Waals surface area (Å²) in [6.07, 6.45) is 2.28. The van der Waals surface area contributed by atoms with Gasteiger partial charge < -0.3 is 11.1 Å². The van der Waals surface area contributed by atoms with Crippen LogP contribution in [0.5, 0.6) is 0 Å². The smallest absolute Gasteiger partial charge is 0.329 e. The predicted molar refractivity (Wildman–Crippen MR) is 58.9 cm³/mol. The summed E-state index contributed by atoms with van der Waals surface area (Å²) in [5.41, 5.74) is 5.26. The van der Waals surface area contributed by atoms with Crippen molar-refractivity contribution in [1.29, 1.82) is 0 Å². The van der Waals surface area contributed by atoms with Gasteiger partial charge in [-0.25, -0.2) is 4.98 Å². The zero-order chi connectivity index (χ0) is 11.7. The molecule has 1 aromatic rings. The van der Waals surface area contributed by atoms with Crippen LogP contribution in [0.15, 0.2) is 6.20 Å². The standard InChI is InChI=1S/C9H13N5O2/c1-5-2-6(5)3-11-8-7(14(15)16)4-12-9(10)13-8/h4-6H,2-3H2,1H3,(H3,10,11,12,13). The number of aromatic nitrogens is 2. The van der Waals surface area contributed by atoms with Gasteiger partial charge in [0.2, 0.25) is 11.8 Å². The lowest BCUT2D eigenvalue weighted by Gasteiger charge is -2.05.